The maximum atomic E-state index is 11.8. The molecule has 1 aliphatic heterocycles. The lowest BCUT2D eigenvalue weighted by molar-refractivity contribution is -0.120. The molecule has 1 saturated heterocycles. The van der Waals surface area contributed by atoms with Crippen LogP contribution >= 0.6 is 0 Å². The number of hydrogen-bond donors (Lipinski definition) is 2. The largest absolute Gasteiger partial charge is 0.496 e. The normalized spacial score (nSPS) is 15.2. The zero-order valence-electron chi connectivity index (χ0n) is 14.6. The van der Waals surface area contributed by atoms with Crippen molar-refractivity contribution in [3.8, 4) is 5.75 Å². The van der Waals surface area contributed by atoms with Crippen LogP contribution in [0.25, 0.3) is 0 Å². The van der Waals surface area contributed by atoms with E-state index < -0.39 is 0 Å². The number of morpholine rings is 1. The third-order valence-corrected chi connectivity index (χ3v) is 4.15. The number of carbonyl (C=O) groups excluding carboxylic acids is 1. The summed E-state index contributed by atoms with van der Waals surface area (Å²) in [4.78, 5) is 14.2. The van der Waals surface area contributed by atoms with Crippen molar-refractivity contribution in [1.29, 1.82) is 0 Å². The summed E-state index contributed by atoms with van der Waals surface area (Å²) in [5, 5.41) is 6.29. The van der Waals surface area contributed by atoms with Crippen LogP contribution in [0, 0.1) is 0 Å². The highest BCUT2D eigenvalue weighted by molar-refractivity contribution is 5.76. The van der Waals surface area contributed by atoms with E-state index in [1.54, 1.807) is 7.11 Å². The van der Waals surface area contributed by atoms with Crippen LogP contribution < -0.4 is 15.4 Å². The predicted molar refractivity (Wildman–Crippen MR) is 94.5 cm³/mol. The van der Waals surface area contributed by atoms with Crippen molar-refractivity contribution < 1.29 is 14.3 Å². The SMILES string of the molecule is COc1ccccc1CCNC(=O)CCNCCN1CCOCC1. The van der Waals surface area contributed by atoms with Gasteiger partial charge in [-0.2, -0.15) is 0 Å². The lowest BCUT2D eigenvalue weighted by Crippen LogP contribution is -2.40. The molecule has 2 rings (SSSR count). The molecule has 6 heteroatoms. The summed E-state index contributed by atoms with van der Waals surface area (Å²) < 4.78 is 10.6. The third-order valence-electron chi connectivity index (χ3n) is 4.15. The van der Waals surface area contributed by atoms with Crippen molar-refractivity contribution in [3.63, 3.8) is 0 Å². The minimum atomic E-state index is 0.0868. The quantitative estimate of drug-likeness (QED) is 0.615. The van der Waals surface area contributed by atoms with E-state index in [4.69, 9.17) is 9.47 Å². The summed E-state index contributed by atoms with van der Waals surface area (Å²) >= 11 is 0. The van der Waals surface area contributed by atoms with Gasteiger partial charge in [0.15, 0.2) is 0 Å². The molecule has 1 aliphatic rings. The Morgan fingerprint density at radius 1 is 1.21 bits per heavy atom. The number of ether oxygens (including phenoxy) is 2. The van der Waals surface area contributed by atoms with Gasteiger partial charge in [-0.1, -0.05) is 18.2 Å². The van der Waals surface area contributed by atoms with E-state index in [-0.39, 0.29) is 5.91 Å². The van der Waals surface area contributed by atoms with Gasteiger partial charge in [0.2, 0.25) is 5.91 Å². The van der Waals surface area contributed by atoms with Crippen LogP contribution in [0.15, 0.2) is 24.3 Å². The van der Waals surface area contributed by atoms with E-state index in [2.05, 4.69) is 15.5 Å². The molecule has 134 valence electrons. The highest BCUT2D eigenvalue weighted by Crippen LogP contribution is 2.17. The number of methoxy groups -OCH3 is 1. The molecule has 0 aliphatic carbocycles. The zero-order valence-corrected chi connectivity index (χ0v) is 14.6. The second kappa shape index (κ2) is 11.0. The molecule has 0 spiro atoms. The Balaban J connectivity index is 1.50. The first-order chi connectivity index (χ1) is 11.8. The van der Waals surface area contributed by atoms with Crippen LogP contribution in [0.5, 0.6) is 5.75 Å². The van der Waals surface area contributed by atoms with Gasteiger partial charge in [0.05, 0.1) is 20.3 Å². The molecule has 1 amide bonds. The summed E-state index contributed by atoms with van der Waals surface area (Å²) in [6, 6.07) is 7.90. The van der Waals surface area contributed by atoms with Crippen LogP contribution in [0.2, 0.25) is 0 Å². The van der Waals surface area contributed by atoms with Crippen molar-refractivity contribution >= 4 is 5.91 Å². The van der Waals surface area contributed by atoms with E-state index in [0.717, 1.165) is 57.1 Å². The summed E-state index contributed by atoms with van der Waals surface area (Å²) in [5.74, 6) is 0.959. The van der Waals surface area contributed by atoms with Gasteiger partial charge in [-0.25, -0.2) is 0 Å². The van der Waals surface area contributed by atoms with Gasteiger partial charge in [0, 0.05) is 45.7 Å². The lowest BCUT2D eigenvalue weighted by Gasteiger charge is -2.26. The molecule has 0 bridgehead atoms. The molecule has 0 saturated carbocycles. The molecule has 24 heavy (non-hydrogen) atoms. The first-order valence-corrected chi connectivity index (χ1v) is 8.69. The average molecular weight is 335 g/mol. The Bertz CT molecular complexity index is 490. The van der Waals surface area contributed by atoms with Gasteiger partial charge in [0.1, 0.15) is 5.75 Å². The van der Waals surface area contributed by atoms with Gasteiger partial charge in [0.25, 0.3) is 0 Å². The molecule has 0 aromatic heterocycles. The Morgan fingerprint density at radius 3 is 2.79 bits per heavy atom. The monoisotopic (exact) mass is 335 g/mol. The molecule has 1 fully saturated rings. The predicted octanol–water partition coefficient (Wildman–Crippen LogP) is 0.666. The molecule has 0 atom stereocenters. The maximum absolute atomic E-state index is 11.8. The van der Waals surface area contributed by atoms with Gasteiger partial charge in [-0.05, 0) is 18.1 Å². The van der Waals surface area contributed by atoms with Crippen molar-refractivity contribution in [1.82, 2.24) is 15.5 Å². The van der Waals surface area contributed by atoms with Gasteiger partial charge < -0.3 is 20.1 Å². The van der Waals surface area contributed by atoms with E-state index in [1.165, 1.54) is 0 Å². The van der Waals surface area contributed by atoms with Crippen molar-refractivity contribution in [2.24, 2.45) is 0 Å². The molecular formula is C18H29N3O3. The number of carbonyl (C=O) groups is 1. The third kappa shape index (κ3) is 6.86. The van der Waals surface area contributed by atoms with Crippen LogP contribution in [-0.2, 0) is 16.0 Å². The van der Waals surface area contributed by atoms with Gasteiger partial charge >= 0.3 is 0 Å². The average Bonchev–Trinajstić information content (AvgIpc) is 2.63. The maximum Gasteiger partial charge on any atom is 0.221 e. The van der Waals surface area contributed by atoms with Crippen LogP contribution in [0.1, 0.15) is 12.0 Å². The number of nitrogens with zero attached hydrogens (tertiary/aromatic N) is 1. The van der Waals surface area contributed by atoms with Crippen molar-refractivity contribution in [3.05, 3.63) is 29.8 Å². The first kappa shape index (κ1) is 18.7. The van der Waals surface area contributed by atoms with Gasteiger partial charge in [-0.3, -0.25) is 9.69 Å². The number of rotatable bonds is 10. The number of amides is 1. The van der Waals surface area contributed by atoms with E-state index in [9.17, 15) is 4.79 Å². The highest BCUT2D eigenvalue weighted by Gasteiger charge is 2.09. The van der Waals surface area contributed by atoms with Crippen LogP contribution in [0.3, 0.4) is 0 Å². The lowest BCUT2D eigenvalue weighted by atomic mass is 10.1. The molecule has 0 unspecified atom stereocenters. The molecule has 1 aromatic carbocycles. The summed E-state index contributed by atoms with van der Waals surface area (Å²) in [6.07, 6.45) is 1.29. The number of nitrogens with one attached hydrogen (secondary N) is 2. The minimum Gasteiger partial charge on any atom is -0.496 e. The molecule has 2 N–H and O–H groups in total. The Morgan fingerprint density at radius 2 is 2.00 bits per heavy atom. The van der Waals surface area contributed by atoms with E-state index >= 15 is 0 Å². The fourth-order valence-corrected chi connectivity index (χ4v) is 2.72. The van der Waals surface area contributed by atoms with Crippen molar-refractivity contribution in [2.75, 3.05) is 59.6 Å². The summed E-state index contributed by atoms with van der Waals surface area (Å²) in [6.45, 7) is 6.94. The fourth-order valence-electron chi connectivity index (χ4n) is 2.72. The Kier molecular flexibility index (Phi) is 8.59. The number of hydrogen-bond acceptors (Lipinski definition) is 5. The number of benzene rings is 1. The minimum absolute atomic E-state index is 0.0868. The van der Waals surface area contributed by atoms with Gasteiger partial charge in [-0.15, -0.1) is 0 Å². The second-order valence-electron chi connectivity index (χ2n) is 5.87. The summed E-state index contributed by atoms with van der Waals surface area (Å²) in [5.41, 5.74) is 1.11. The topological polar surface area (TPSA) is 62.8 Å². The van der Waals surface area contributed by atoms with Crippen LogP contribution in [0.4, 0.5) is 0 Å². The molecule has 6 nitrogen and oxygen atoms in total. The van der Waals surface area contributed by atoms with Crippen LogP contribution in [-0.4, -0.2) is 70.4 Å². The molecule has 0 radical (unpaired) electrons. The Labute approximate surface area is 144 Å². The second-order valence-corrected chi connectivity index (χ2v) is 5.87. The highest BCUT2D eigenvalue weighted by atomic mass is 16.5. The van der Waals surface area contributed by atoms with E-state index in [0.29, 0.717) is 19.5 Å². The number of para-hydroxylation sites is 1. The molecule has 1 heterocycles. The smallest absolute Gasteiger partial charge is 0.221 e. The molecule has 1 aromatic rings. The van der Waals surface area contributed by atoms with Crippen molar-refractivity contribution in [2.45, 2.75) is 12.8 Å². The first-order valence-electron chi connectivity index (χ1n) is 8.69. The molecular weight excluding hydrogens is 306 g/mol. The standard InChI is InChI=1S/C18H29N3O3/c1-23-17-5-3-2-4-16(17)6-9-20-18(22)7-8-19-10-11-21-12-14-24-15-13-21/h2-5,19H,6-15H2,1H3,(H,20,22). The summed E-state index contributed by atoms with van der Waals surface area (Å²) in [7, 11) is 1.67. The zero-order chi connectivity index (χ0) is 17.0. The fraction of sp³-hybridized carbons (Fsp3) is 0.611. The Hall–Kier alpha value is -1.63. The van der Waals surface area contributed by atoms with E-state index in [1.807, 2.05) is 24.3 Å².